The van der Waals surface area contributed by atoms with E-state index in [1.54, 1.807) is 21.6 Å². The predicted octanol–water partition coefficient (Wildman–Crippen LogP) is 3.72. The van der Waals surface area contributed by atoms with Crippen molar-refractivity contribution in [3.05, 3.63) is 83.5 Å². The molecule has 198 valence electrons. The second-order valence-corrected chi connectivity index (χ2v) is 10.5. The number of hydrogen-bond donors (Lipinski definition) is 1. The zero-order valence-corrected chi connectivity index (χ0v) is 21.9. The Bertz CT molecular complexity index is 1830. The minimum Gasteiger partial charge on any atom is -0.356 e. The molecule has 7 rings (SSSR count). The first-order chi connectivity index (χ1) is 19.4. The average Bonchev–Trinajstić information content (AvgIpc) is 3.40. The predicted molar refractivity (Wildman–Crippen MR) is 145 cm³/mol. The van der Waals surface area contributed by atoms with E-state index in [9.17, 15) is 14.4 Å². The normalized spacial score (nSPS) is 19.4. The Morgan fingerprint density at radius 3 is 2.55 bits per heavy atom. The van der Waals surface area contributed by atoms with E-state index in [2.05, 4.69) is 31.5 Å². The Hall–Kier alpha value is -4.82. The second kappa shape index (κ2) is 9.14. The molecule has 2 fully saturated rings. The molecule has 40 heavy (non-hydrogen) atoms. The van der Waals surface area contributed by atoms with Crippen LogP contribution in [0, 0.1) is 29.0 Å². The number of nitriles is 1. The number of rotatable bonds is 5. The van der Waals surface area contributed by atoms with Gasteiger partial charge in [0.05, 0.1) is 34.7 Å². The lowest BCUT2D eigenvalue weighted by Gasteiger charge is -2.21. The molecule has 0 spiro atoms. The molecular weight excluding hydrogens is 533 g/mol. The van der Waals surface area contributed by atoms with Crippen LogP contribution in [-0.2, 0) is 7.05 Å². The minimum atomic E-state index is -0.583. The molecular formula is C28H21ClFN9O. The highest BCUT2D eigenvalue weighted by Gasteiger charge is 2.56. The van der Waals surface area contributed by atoms with Crippen molar-refractivity contribution in [2.75, 3.05) is 18.0 Å². The third-order valence-corrected chi connectivity index (χ3v) is 7.96. The van der Waals surface area contributed by atoms with Crippen molar-refractivity contribution in [3.63, 3.8) is 0 Å². The summed E-state index contributed by atoms with van der Waals surface area (Å²) in [5, 5.41) is 21.3. The van der Waals surface area contributed by atoms with Gasteiger partial charge in [0.15, 0.2) is 0 Å². The standard InChI is InChI=1S/C28H21ClFN9O/c1-37-11-18(9-34-37)16-4-20(27-17(6-31)8-35-39(27)12-16)15-2-3-24(32-7-15)38-13-21-22(14-38)25(21)36-28(40)26-23(29)5-19(30)10-33-26/h2-5,7-12,21-22,25H,13-14H2,1H3,(H,36,40)/t21-,22+,25?. The van der Waals surface area contributed by atoms with Crippen LogP contribution in [0.15, 0.2) is 61.4 Å². The van der Waals surface area contributed by atoms with Gasteiger partial charge in [-0.2, -0.15) is 15.5 Å². The molecule has 5 aromatic heterocycles. The number of fused-ring (bicyclic) bond motifs is 2. The van der Waals surface area contributed by atoms with Crippen molar-refractivity contribution in [3.8, 4) is 28.3 Å². The van der Waals surface area contributed by atoms with Gasteiger partial charge in [-0.3, -0.25) is 9.48 Å². The maximum absolute atomic E-state index is 13.3. The number of amides is 1. The van der Waals surface area contributed by atoms with Gasteiger partial charge in [-0.05, 0) is 24.3 Å². The molecule has 1 aliphatic carbocycles. The molecule has 1 N–H and O–H groups in total. The van der Waals surface area contributed by atoms with Gasteiger partial charge in [0.25, 0.3) is 5.91 Å². The number of halogens is 2. The van der Waals surface area contributed by atoms with E-state index in [0.717, 1.165) is 58.9 Å². The molecule has 1 saturated heterocycles. The first-order valence-electron chi connectivity index (χ1n) is 12.6. The molecule has 0 aromatic carbocycles. The SMILES string of the molecule is Cn1cc(-c2cc(-c3ccc(N4C[C@@H]5C(NC(=O)c6ncc(F)cc6Cl)[C@@H]5C4)nc3)c3c(C#N)cnn3c2)cn1. The van der Waals surface area contributed by atoms with Crippen LogP contribution < -0.4 is 10.2 Å². The highest BCUT2D eigenvalue weighted by molar-refractivity contribution is 6.33. The third-order valence-electron chi connectivity index (χ3n) is 7.67. The zero-order chi connectivity index (χ0) is 27.5. The summed E-state index contributed by atoms with van der Waals surface area (Å²) in [4.78, 5) is 23.4. The van der Waals surface area contributed by atoms with Gasteiger partial charge in [0, 0.05) is 78.9 Å². The van der Waals surface area contributed by atoms with Gasteiger partial charge in [0.1, 0.15) is 23.4 Å². The van der Waals surface area contributed by atoms with Crippen molar-refractivity contribution in [1.82, 2.24) is 34.7 Å². The lowest BCUT2D eigenvalue weighted by molar-refractivity contribution is 0.0942. The molecule has 0 radical (unpaired) electrons. The smallest absolute Gasteiger partial charge is 0.271 e. The number of carbonyl (C=O) groups excluding carboxylic acids is 1. The minimum absolute atomic E-state index is 0.00436. The summed E-state index contributed by atoms with van der Waals surface area (Å²) in [5.74, 6) is 0.462. The van der Waals surface area contributed by atoms with E-state index in [1.807, 2.05) is 43.8 Å². The van der Waals surface area contributed by atoms with Crippen molar-refractivity contribution >= 4 is 28.8 Å². The number of aryl methyl sites for hydroxylation is 1. The van der Waals surface area contributed by atoms with Crippen LogP contribution in [0.1, 0.15) is 16.1 Å². The summed E-state index contributed by atoms with van der Waals surface area (Å²) in [7, 11) is 1.87. The van der Waals surface area contributed by atoms with E-state index >= 15 is 0 Å². The highest BCUT2D eigenvalue weighted by Crippen LogP contribution is 2.47. The molecule has 10 nitrogen and oxygen atoms in total. The quantitative estimate of drug-likeness (QED) is 0.352. The number of hydrogen-bond acceptors (Lipinski definition) is 7. The van der Waals surface area contributed by atoms with Gasteiger partial charge >= 0.3 is 0 Å². The largest absolute Gasteiger partial charge is 0.356 e. The number of nitrogens with zero attached hydrogens (tertiary/aromatic N) is 8. The highest BCUT2D eigenvalue weighted by atomic mass is 35.5. The number of aromatic nitrogens is 6. The Balaban J connectivity index is 1.09. The molecule has 1 unspecified atom stereocenters. The van der Waals surface area contributed by atoms with Crippen molar-refractivity contribution in [2.45, 2.75) is 6.04 Å². The van der Waals surface area contributed by atoms with E-state index < -0.39 is 11.7 Å². The van der Waals surface area contributed by atoms with E-state index in [4.69, 9.17) is 16.6 Å². The maximum atomic E-state index is 13.3. The average molecular weight is 554 g/mol. The fourth-order valence-electron chi connectivity index (χ4n) is 5.61. The van der Waals surface area contributed by atoms with Gasteiger partial charge in [-0.25, -0.2) is 18.9 Å². The molecule has 1 amide bonds. The summed E-state index contributed by atoms with van der Waals surface area (Å²) >= 11 is 5.99. The molecule has 1 aliphatic heterocycles. The van der Waals surface area contributed by atoms with Crippen LogP contribution >= 0.6 is 11.6 Å². The molecule has 1 saturated carbocycles. The molecule has 0 bridgehead atoms. The van der Waals surface area contributed by atoms with Gasteiger partial charge in [0.2, 0.25) is 0 Å². The van der Waals surface area contributed by atoms with Crippen molar-refractivity contribution in [1.29, 1.82) is 5.26 Å². The lowest BCUT2D eigenvalue weighted by atomic mass is 10.0. The molecule has 2 aliphatic rings. The lowest BCUT2D eigenvalue weighted by Crippen LogP contribution is -2.35. The first-order valence-corrected chi connectivity index (χ1v) is 13.0. The monoisotopic (exact) mass is 553 g/mol. The van der Waals surface area contributed by atoms with Crippen molar-refractivity contribution in [2.24, 2.45) is 18.9 Å². The Morgan fingerprint density at radius 1 is 1.05 bits per heavy atom. The Morgan fingerprint density at radius 2 is 1.88 bits per heavy atom. The van der Waals surface area contributed by atoms with Crippen LogP contribution in [0.5, 0.6) is 0 Å². The number of piperidine rings is 1. The van der Waals surface area contributed by atoms with E-state index in [0.29, 0.717) is 17.4 Å². The van der Waals surface area contributed by atoms with Crippen LogP contribution in [0.4, 0.5) is 10.2 Å². The Kier molecular flexibility index (Phi) is 5.54. The van der Waals surface area contributed by atoms with Gasteiger partial charge in [-0.1, -0.05) is 11.6 Å². The summed E-state index contributed by atoms with van der Waals surface area (Å²) < 4.78 is 16.7. The second-order valence-electron chi connectivity index (χ2n) is 10.1. The summed E-state index contributed by atoms with van der Waals surface area (Å²) in [6.45, 7) is 1.52. The molecule has 12 heteroatoms. The molecule has 5 aromatic rings. The maximum Gasteiger partial charge on any atom is 0.271 e. The fraction of sp³-hybridized carbons (Fsp3) is 0.214. The third kappa shape index (κ3) is 4.04. The van der Waals surface area contributed by atoms with E-state index in [-0.39, 0.29) is 16.8 Å². The molecule has 6 heterocycles. The summed E-state index contributed by atoms with van der Waals surface area (Å²) in [6.07, 6.45) is 9.99. The number of pyridine rings is 3. The van der Waals surface area contributed by atoms with Crippen LogP contribution in [0.25, 0.3) is 27.8 Å². The fourth-order valence-corrected chi connectivity index (χ4v) is 5.85. The number of nitrogens with one attached hydrogen (secondary N) is 1. The van der Waals surface area contributed by atoms with Crippen LogP contribution in [0.3, 0.4) is 0 Å². The van der Waals surface area contributed by atoms with Crippen LogP contribution in [-0.4, -0.2) is 54.4 Å². The first kappa shape index (κ1) is 24.2. The number of anilines is 1. The van der Waals surface area contributed by atoms with Crippen LogP contribution in [0.2, 0.25) is 5.02 Å². The number of carbonyl (C=O) groups is 1. The van der Waals surface area contributed by atoms with E-state index in [1.165, 1.54) is 0 Å². The summed E-state index contributed by atoms with van der Waals surface area (Å²) in [6, 6.07) is 9.37. The van der Waals surface area contributed by atoms with Crippen molar-refractivity contribution < 1.29 is 9.18 Å². The zero-order valence-electron chi connectivity index (χ0n) is 21.2. The van der Waals surface area contributed by atoms with Gasteiger partial charge in [-0.15, -0.1) is 0 Å². The van der Waals surface area contributed by atoms with Gasteiger partial charge < -0.3 is 10.2 Å². The Labute approximate surface area is 232 Å². The topological polar surface area (TPSA) is 117 Å². The molecule has 3 atom stereocenters. The summed E-state index contributed by atoms with van der Waals surface area (Å²) in [5.41, 5.74) is 4.84.